The number of halogens is 2. The molecule has 3 aromatic heterocycles. The third-order valence-electron chi connectivity index (χ3n) is 11.3. The van der Waals surface area contributed by atoms with Gasteiger partial charge in [-0.05, 0) is 64.1 Å². The first kappa shape index (κ1) is 34.5. The highest BCUT2D eigenvalue weighted by molar-refractivity contribution is 5.91. The highest BCUT2D eigenvalue weighted by Gasteiger charge is 2.49. The van der Waals surface area contributed by atoms with Crippen molar-refractivity contribution >= 4 is 28.7 Å². The molecule has 280 valence electrons. The van der Waals surface area contributed by atoms with Gasteiger partial charge in [0.1, 0.15) is 17.4 Å². The van der Waals surface area contributed by atoms with Crippen molar-refractivity contribution in [2.75, 3.05) is 13.7 Å². The number of aryl methyl sites for hydroxylation is 1. The zero-order valence-corrected chi connectivity index (χ0v) is 29.8. The number of hydrogen-bond donors (Lipinski definition) is 4. The van der Waals surface area contributed by atoms with Gasteiger partial charge in [0.05, 0.1) is 49.4 Å². The fraction of sp³-hybridized carbons (Fsp3) is 0.293. The van der Waals surface area contributed by atoms with Crippen molar-refractivity contribution in [1.29, 1.82) is 0 Å². The quantitative estimate of drug-likeness (QED) is 0.136. The third kappa shape index (κ3) is 6.30. The maximum Gasteiger partial charge on any atom is 0.408 e. The fourth-order valence-electron chi connectivity index (χ4n) is 8.59. The summed E-state index contributed by atoms with van der Waals surface area (Å²) in [5, 5.41) is 14.3. The number of aromatic amines is 2. The number of Topliss-reactive ketones (excluding diaryl/α,β-unsaturated/α-hetero) is 1. The van der Waals surface area contributed by atoms with E-state index in [1.54, 1.807) is 12.4 Å². The molecule has 4 atom stereocenters. The average molecular weight is 746 g/mol. The molecule has 0 bridgehead atoms. The standard InChI is InChI=1S/C41H37F2N7O5/c1-55-39(52)48-30-11-10-24-12-13-49-20-29(16-34(51)35(30)36(24)49)37-44-18-31(46-37)23-4-2-22(3-5-23)25-6-7-27-15-28(9-8-26(27)14-25)32-19-45-38(47-32)33-17-41(42,43)21-50(33)40(53)54/h2-9,12-15,18-19,29-30,33,35H,10-11,16-17,20-21H2,1H3,(H,44,46)(H,45,47)(H,48,52)(H,53,54)/t29-,30-,33?,35?/m0/s1. The number of hydrogen-bond acceptors (Lipinski definition) is 6. The van der Waals surface area contributed by atoms with E-state index < -0.39 is 43.0 Å². The first-order valence-corrected chi connectivity index (χ1v) is 18.2. The van der Waals surface area contributed by atoms with Crippen molar-refractivity contribution in [3.8, 4) is 33.6 Å². The number of nitrogens with one attached hydrogen (secondary N) is 3. The Morgan fingerprint density at radius 2 is 1.56 bits per heavy atom. The zero-order valence-electron chi connectivity index (χ0n) is 29.8. The van der Waals surface area contributed by atoms with E-state index in [0.29, 0.717) is 25.1 Å². The van der Waals surface area contributed by atoms with Gasteiger partial charge in [0.15, 0.2) is 0 Å². The highest BCUT2D eigenvalue weighted by atomic mass is 19.3. The van der Waals surface area contributed by atoms with Crippen LogP contribution < -0.4 is 5.32 Å². The van der Waals surface area contributed by atoms with Crippen LogP contribution in [-0.2, 0) is 22.5 Å². The number of rotatable bonds is 6. The van der Waals surface area contributed by atoms with Gasteiger partial charge in [-0.25, -0.2) is 28.3 Å². The molecule has 3 aromatic carbocycles. The number of ketones is 1. The molecule has 6 aromatic rings. The molecule has 9 rings (SSSR count). The molecular weight excluding hydrogens is 708 g/mol. The van der Waals surface area contributed by atoms with Crippen LogP contribution in [0.15, 0.2) is 85.3 Å². The smallest absolute Gasteiger partial charge is 0.408 e. The van der Waals surface area contributed by atoms with Gasteiger partial charge in [-0.15, -0.1) is 0 Å². The van der Waals surface area contributed by atoms with Crippen LogP contribution in [-0.4, -0.2) is 78.1 Å². The van der Waals surface area contributed by atoms with Crippen molar-refractivity contribution in [2.45, 2.75) is 62.1 Å². The number of alkyl halides is 2. The monoisotopic (exact) mass is 745 g/mol. The second kappa shape index (κ2) is 13.2. The molecule has 14 heteroatoms. The summed E-state index contributed by atoms with van der Waals surface area (Å²) in [7, 11) is 1.33. The number of carbonyl (C=O) groups is 3. The van der Waals surface area contributed by atoms with E-state index >= 15 is 0 Å². The lowest BCUT2D eigenvalue weighted by atomic mass is 9.79. The first-order valence-electron chi connectivity index (χ1n) is 18.2. The summed E-state index contributed by atoms with van der Waals surface area (Å²) >= 11 is 0. The van der Waals surface area contributed by atoms with Crippen molar-refractivity contribution < 1.29 is 33.0 Å². The molecule has 2 amide bonds. The lowest BCUT2D eigenvalue weighted by molar-refractivity contribution is -0.121. The minimum Gasteiger partial charge on any atom is -0.465 e. The molecular formula is C41H37F2N7O5. The number of amides is 2. The Balaban J connectivity index is 0.902. The van der Waals surface area contributed by atoms with Crippen LogP contribution >= 0.6 is 0 Å². The van der Waals surface area contributed by atoms with Gasteiger partial charge in [0.25, 0.3) is 5.92 Å². The van der Waals surface area contributed by atoms with Crippen molar-refractivity contribution in [3.05, 3.63) is 108 Å². The molecule has 1 fully saturated rings. The number of aromatic nitrogens is 5. The fourth-order valence-corrected chi connectivity index (χ4v) is 8.59. The number of carbonyl (C=O) groups excluding carboxylic acids is 2. The number of ether oxygens (including phenoxy) is 1. The second-order valence-corrected chi connectivity index (χ2v) is 14.7. The molecule has 5 heterocycles. The third-order valence-corrected chi connectivity index (χ3v) is 11.3. The van der Waals surface area contributed by atoms with Gasteiger partial charge >= 0.3 is 12.2 Å². The first-order chi connectivity index (χ1) is 26.5. The van der Waals surface area contributed by atoms with E-state index in [-0.39, 0.29) is 23.6 Å². The van der Waals surface area contributed by atoms with Gasteiger partial charge < -0.3 is 29.7 Å². The van der Waals surface area contributed by atoms with E-state index in [1.807, 2.05) is 48.7 Å². The molecule has 3 aliphatic rings. The van der Waals surface area contributed by atoms with Crippen LogP contribution in [0.1, 0.15) is 60.0 Å². The molecule has 0 spiro atoms. The molecule has 12 nitrogen and oxygen atoms in total. The topological polar surface area (TPSA) is 158 Å². The van der Waals surface area contributed by atoms with E-state index in [2.05, 4.69) is 49.1 Å². The van der Waals surface area contributed by atoms with Crippen LogP contribution in [0.4, 0.5) is 18.4 Å². The normalized spacial score (nSPS) is 21.7. The van der Waals surface area contributed by atoms with Crippen LogP contribution in [0.3, 0.4) is 0 Å². The van der Waals surface area contributed by atoms with Gasteiger partial charge in [-0.1, -0.05) is 48.5 Å². The maximum atomic E-state index is 14.1. The molecule has 1 saturated heterocycles. The van der Waals surface area contributed by atoms with Gasteiger partial charge in [0, 0.05) is 48.8 Å². The van der Waals surface area contributed by atoms with Gasteiger partial charge in [-0.2, -0.15) is 0 Å². The molecule has 55 heavy (non-hydrogen) atoms. The van der Waals surface area contributed by atoms with Crippen LogP contribution in [0.25, 0.3) is 44.4 Å². The molecule has 1 aliphatic carbocycles. The summed E-state index contributed by atoms with van der Waals surface area (Å²) < 4.78 is 35.1. The number of alkyl carbamates (subject to hydrolysis) is 1. The second-order valence-electron chi connectivity index (χ2n) is 14.7. The highest BCUT2D eigenvalue weighted by Crippen LogP contribution is 2.42. The minimum absolute atomic E-state index is 0.0808. The van der Waals surface area contributed by atoms with E-state index in [0.717, 1.165) is 67.1 Å². The predicted molar refractivity (Wildman–Crippen MR) is 199 cm³/mol. The van der Waals surface area contributed by atoms with Crippen LogP contribution in [0, 0.1) is 0 Å². The summed E-state index contributed by atoms with van der Waals surface area (Å²) in [6.07, 6.45) is 4.60. The lowest BCUT2D eigenvalue weighted by Gasteiger charge is -2.31. The summed E-state index contributed by atoms with van der Waals surface area (Å²) in [5.74, 6) is -2.67. The van der Waals surface area contributed by atoms with E-state index in [4.69, 9.17) is 9.72 Å². The Bertz CT molecular complexity index is 2470. The number of nitrogens with zero attached hydrogens (tertiary/aromatic N) is 4. The summed E-state index contributed by atoms with van der Waals surface area (Å²) in [4.78, 5) is 53.7. The molecule has 2 aliphatic heterocycles. The number of imidazole rings is 2. The Morgan fingerprint density at radius 1 is 0.909 bits per heavy atom. The number of H-pyrrole nitrogens is 2. The lowest BCUT2D eigenvalue weighted by Crippen LogP contribution is -2.44. The SMILES string of the molecule is COC(=O)N[C@H]1CCc2ccn3c2C1C(=O)C[C@H](c1ncc(-c2ccc(-c4ccc5cc(-c6cnc(C7CC(F)(F)CN7C(=O)O)[nH]6)ccc5c4)cc2)[nH]1)C3. The van der Waals surface area contributed by atoms with Gasteiger partial charge in [0.2, 0.25) is 0 Å². The minimum atomic E-state index is -3.11. The van der Waals surface area contributed by atoms with Crippen molar-refractivity contribution in [1.82, 2.24) is 34.7 Å². The molecule has 2 unspecified atom stereocenters. The molecule has 4 N–H and O–H groups in total. The summed E-state index contributed by atoms with van der Waals surface area (Å²) in [6.45, 7) is -0.246. The predicted octanol–water partition coefficient (Wildman–Crippen LogP) is 7.66. The largest absolute Gasteiger partial charge is 0.465 e. The van der Waals surface area contributed by atoms with E-state index in [1.165, 1.54) is 7.11 Å². The number of methoxy groups -OCH3 is 1. The maximum absolute atomic E-state index is 14.1. The number of carboxylic acid groups (broad SMARTS) is 1. The number of fused-ring (bicyclic) bond motifs is 1. The number of likely N-dealkylation sites (tertiary alicyclic amines) is 1. The summed E-state index contributed by atoms with van der Waals surface area (Å²) in [5.41, 5.74) is 7.42. The number of benzene rings is 3. The average Bonchev–Trinajstić information content (AvgIpc) is 3.99. The molecule has 0 radical (unpaired) electrons. The zero-order chi connectivity index (χ0) is 38.0. The van der Waals surface area contributed by atoms with E-state index in [9.17, 15) is 28.3 Å². The Kier molecular flexibility index (Phi) is 8.28. The Morgan fingerprint density at radius 3 is 2.31 bits per heavy atom. The van der Waals surface area contributed by atoms with Gasteiger partial charge in [-0.3, -0.25) is 9.69 Å². The Hall–Kier alpha value is -6.31. The summed E-state index contributed by atoms with van der Waals surface area (Å²) in [6, 6.07) is 21.0. The Labute approximate surface area is 313 Å². The van der Waals surface area contributed by atoms with Crippen LogP contribution in [0.2, 0.25) is 0 Å². The van der Waals surface area contributed by atoms with Crippen molar-refractivity contribution in [2.24, 2.45) is 0 Å². The molecule has 0 saturated carbocycles. The van der Waals surface area contributed by atoms with Crippen molar-refractivity contribution in [3.63, 3.8) is 0 Å². The van der Waals surface area contributed by atoms with Crippen LogP contribution in [0.5, 0.6) is 0 Å².